The fourth-order valence-corrected chi connectivity index (χ4v) is 4.33. The summed E-state index contributed by atoms with van der Waals surface area (Å²) in [5.74, 6) is -0.322. The summed E-state index contributed by atoms with van der Waals surface area (Å²) in [5, 5.41) is 6.19. The van der Waals surface area contributed by atoms with E-state index in [0.29, 0.717) is 28.5 Å². The molecule has 0 radical (unpaired) electrons. The zero-order valence-corrected chi connectivity index (χ0v) is 17.3. The average molecular weight is 423 g/mol. The molecule has 154 valence electrons. The molecule has 0 saturated carbocycles. The number of hydrogen-bond acceptors (Lipinski definition) is 5. The molecule has 3 heterocycles. The number of piperidine rings is 1. The topological polar surface area (TPSA) is 91.7 Å². The van der Waals surface area contributed by atoms with Gasteiger partial charge in [-0.25, -0.2) is 0 Å². The van der Waals surface area contributed by atoms with Crippen LogP contribution in [0.5, 0.6) is 0 Å². The van der Waals surface area contributed by atoms with Gasteiger partial charge in [-0.05, 0) is 61.7 Å². The highest BCUT2D eigenvalue weighted by molar-refractivity contribution is 7.18. The van der Waals surface area contributed by atoms with Crippen LogP contribution in [0.4, 0.5) is 16.4 Å². The molecule has 0 bridgehead atoms. The summed E-state index contributed by atoms with van der Waals surface area (Å²) < 4.78 is 5.09. The first-order valence-corrected chi connectivity index (χ1v) is 10.5. The summed E-state index contributed by atoms with van der Waals surface area (Å²) in [5.41, 5.74) is 2.16. The van der Waals surface area contributed by atoms with Gasteiger partial charge < -0.3 is 20.0 Å². The number of benzene rings is 1. The zero-order chi connectivity index (χ0) is 21.1. The van der Waals surface area contributed by atoms with Gasteiger partial charge in [0.15, 0.2) is 5.76 Å². The summed E-state index contributed by atoms with van der Waals surface area (Å²) >= 11 is 1.19. The van der Waals surface area contributed by atoms with Crippen LogP contribution < -0.4 is 15.5 Å². The molecule has 1 aromatic carbocycles. The molecule has 2 N–H and O–H groups in total. The molecule has 2 aromatic heterocycles. The molecule has 8 heteroatoms. The van der Waals surface area contributed by atoms with Crippen molar-refractivity contribution in [2.75, 3.05) is 22.1 Å². The van der Waals surface area contributed by atoms with Crippen molar-refractivity contribution in [3.05, 3.63) is 64.9 Å². The lowest BCUT2D eigenvalue weighted by Crippen LogP contribution is -2.35. The second-order valence-electron chi connectivity index (χ2n) is 7.06. The number of nitrogens with one attached hydrogen (secondary N) is 2. The zero-order valence-electron chi connectivity index (χ0n) is 16.4. The Bertz CT molecular complexity index is 1090. The molecule has 0 atom stereocenters. The van der Waals surface area contributed by atoms with Gasteiger partial charge >= 0.3 is 0 Å². The van der Waals surface area contributed by atoms with Crippen LogP contribution in [0.25, 0.3) is 0 Å². The van der Waals surface area contributed by atoms with E-state index in [1.807, 2.05) is 25.1 Å². The molecule has 7 nitrogen and oxygen atoms in total. The van der Waals surface area contributed by atoms with E-state index in [9.17, 15) is 14.4 Å². The van der Waals surface area contributed by atoms with Crippen molar-refractivity contribution in [3.8, 4) is 0 Å². The minimum Gasteiger partial charge on any atom is -0.459 e. The Morgan fingerprint density at radius 2 is 1.93 bits per heavy atom. The van der Waals surface area contributed by atoms with Crippen LogP contribution in [0.3, 0.4) is 0 Å². The Labute approximate surface area is 177 Å². The van der Waals surface area contributed by atoms with Crippen molar-refractivity contribution < 1.29 is 18.8 Å². The third-order valence-corrected chi connectivity index (χ3v) is 6.00. The fourth-order valence-electron chi connectivity index (χ4n) is 3.37. The molecule has 0 spiro atoms. The smallest absolute Gasteiger partial charge is 0.291 e. The van der Waals surface area contributed by atoms with Gasteiger partial charge in [-0.2, -0.15) is 0 Å². The summed E-state index contributed by atoms with van der Waals surface area (Å²) in [7, 11) is 0. The predicted octanol–water partition coefficient (Wildman–Crippen LogP) is 4.67. The number of carbonyl (C=O) groups is 3. The van der Waals surface area contributed by atoms with Crippen molar-refractivity contribution in [3.63, 3.8) is 0 Å². The summed E-state index contributed by atoms with van der Waals surface area (Å²) in [4.78, 5) is 39.4. The highest BCUT2D eigenvalue weighted by Gasteiger charge is 2.21. The normalized spacial score (nSPS) is 13.9. The molecule has 1 aliphatic rings. The van der Waals surface area contributed by atoms with Crippen LogP contribution in [0, 0.1) is 6.92 Å². The number of hydrogen-bond donors (Lipinski definition) is 2. The maximum absolute atomic E-state index is 12.8. The molecule has 30 heavy (non-hydrogen) atoms. The van der Waals surface area contributed by atoms with E-state index < -0.39 is 0 Å². The molecule has 1 aliphatic heterocycles. The minimum atomic E-state index is -0.368. The Kier molecular flexibility index (Phi) is 5.67. The third kappa shape index (κ3) is 4.28. The van der Waals surface area contributed by atoms with E-state index in [1.54, 1.807) is 29.2 Å². The molecule has 0 aliphatic carbocycles. The molecule has 0 unspecified atom stereocenters. The highest BCUT2D eigenvalue weighted by atomic mass is 32.1. The number of anilines is 3. The Morgan fingerprint density at radius 1 is 1.07 bits per heavy atom. The van der Waals surface area contributed by atoms with E-state index in [4.69, 9.17) is 4.42 Å². The van der Waals surface area contributed by atoms with Crippen molar-refractivity contribution in [2.45, 2.75) is 26.2 Å². The van der Waals surface area contributed by atoms with Gasteiger partial charge in [0, 0.05) is 24.3 Å². The molecule has 3 amide bonds. The van der Waals surface area contributed by atoms with Gasteiger partial charge in [0.2, 0.25) is 5.91 Å². The second-order valence-corrected chi connectivity index (χ2v) is 8.11. The van der Waals surface area contributed by atoms with Gasteiger partial charge in [-0.3, -0.25) is 14.4 Å². The standard InChI is InChI=1S/C22H21N3O4S/c1-14-12-18(24-21(27)17-8-5-11-29-17)30-20(14)22(28)23-15-6-4-7-16(13-15)25-10-3-2-9-19(25)26/h4-8,11-13H,2-3,9-10H2,1H3,(H,23,28)(H,24,27). The van der Waals surface area contributed by atoms with E-state index >= 15 is 0 Å². The van der Waals surface area contributed by atoms with E-state index in [0.717, 1.165) is 24.1 Å². The van der Waals surface area contributed by atoms with E-state index in [1.165, 1.54) is 17.6 Å². The Morgan fingerprint density at radius 3 is 2.70 bits per heavy atom. The predicted molar refractivity (Wildman–Crippen MR) is 116 cm³/mol. The number of furan rings is 1. The lowest BCUT2D eigenvalue weighted by molar-refractivity contribution is -0.119. The number of amides is 3. The number of rotatable bonds is 5. The quantitative estimate of drug-likeness (QED) is 0.624. The van der Waals surface area contributed by atoms with Crippen LogP contribution in [0.1, 0.15) is 45.1 Å². The summed E-state index contributed by atoms with van der Waals surface area (Å²) in [6.45, 7) is 2.51. The van der Waals surface area contributed by atoms with Gasteiger partial charge in [-0.1, -0.05) is 6.07 Å². The van der Waals surface area contributed by atoms with Crippen LogP contribution >= 0.6 is 11.3 Å². The van der Waals surface area contributed by atoms with E-state index in [-0.39, 0.29) is 23.5 Å². The van der Waals surface area contributed by atoms with E-state index in [2.05, 4.69) is 10.6 Å². The maximum Gasteiger partial charge on any atom is 0.291 e. The molecule has 1 saturated heterocycles. The van der Waals surface area contributed by atoms with Crippen molar-refractivity contribution in [1.82, 2.24) is 0 Å². The highest BCUT2D eigenvalue weighted by Crippen LogP contribution is 2.29. The molecule has 3 aromatic rings. The van der Waals surface area contributed by atoms with Crippen molar-refractivity contribution >= 4 is 45.4 Å². The summed E-state index contributed by atoms with van der Waals surface area (Å²) in [6, 6.07) is 12.3. The molecular weight excluding hydrogens is 402 g/mol. The molecule has 1 fully saturated rings. The van der Waals surface area contributed by atoms with Gasteiger partial charge in [0.25, 0.3) is 11.8 Å². The number of nitrogens with zero attached hydrogens (tertiary/aromatic N) is 1. The first-order valence-electron chi connectivity index (χ1n) is 9.68. The lowest BCUT2D eigenvalue weighted by Gasteiger charge is -2.27. The van der Waals surface area contributed by atoms with Crippen LogP contribution in [-0.2, 0) is 4.79 Å². The number of thiophene rings is 1. The van der Waals surface area contributed by atoms with Crippen molar-refractivity contribution in [2.24, 2.45) is 0 Å². The minimum absolute atomic E-state index is 0.107. The second kappa shape index (κ2) is 8.54. The largest absolute Gasteiger partial charge is 0.459 e. The average Bonchev–Trinajstić information content (AvgIpc) is 3.38. The first kappa shape index (κ1) is 19.9. The Balaban J connectivity index is 1.46. The van der Waals surface area contributed by atoms with Crippen LogP contribution in [0.2, 0.25) is 0 Å². The Hall–Kier alpha value is -3.39. The molecule has 4 rings (SSSR count). The third-order valence-electron chi connectivity index (χ3n) is 4.84. The monoisotopic (exact) mass is 423 g/mol. The first-order chi connectivity index (χ1) is 14.5. The fraction of sp³-hybridized carbons (Fsp3) is 0.227. The number of carbonyl (C=O) groups excluding carboxylic acids is 3. The SMILES string of the molecule is Cc1cc(NC(=O)c2ccco2)sc1C(=O)Nc1cccc(N2CCCCC2=O)c1. The van der Waals surface area contributed by atoms with Gasteiger partial charge in [-0.15, -0.1) is 11.3 Å². The van der Waals surface area contributed by atoms with Crippen molar-refractivity contribution in [1.29, 1.82) is 0 Å². The lowest BCUT2D eigenvalue weighted by atomic mass is 10.1. The maximum atomic E-state index is 12.8. The number of aryl methyl sites for hydroxylation is 1. The van der Waals surface area contributed by atoms with Gasteiger partial charge in [0.05, 0.1) is 16.1 Å². The van der Waals surface area contributed by atoms with Crippen LogP contribution in [-0.4, -0.2) is 24.3 Å². The van der Waals surface area contributed by atoms with Crippen LogP contribution in [0.15, 0.2) is 53.1 Å². The molecular formula is C22H21N3O4S. The van der Waals surface area contributed by atoms with Gasteiger partial charge in [0.1, 0.15) is 0 Å². The summed E-state index contributed by atoms with van der Waals surface area (Å²) in [6.07, 6.45) is 3.88.